The Bertz CT molecular complexity index is 411. The zero-order valence-corrected chi connectivity index (χ0v) is 14.3. The molecule has 0 radical (unpaired) electrons. The van der Waals surface area contributed by atoms with Crippen LogP contribution in [0.2, 0.25) is 0 Å². The first-order valence-electron chi connectivity index (χ1n) is 7.55. The molecule has 0 amide bonds. The summed E-state index contributed by atoms with van der Waals surface area (Å²) in [7, 11) is 0. The number of aromatic nitrogens is 2. The van der Waals surface area contributed by atoms with Gasteiger partial charge in [-0.3, -0.25) is 4.68 Å². The minimum Gasteiger partial charge on any atom is -0.268 e. The Morgan fingerprint density at radius 2 is 2.05 bits per heavy atom. The lowest BCUT2D eigenvalue weighted by Crippen LogP contribution is -2.14. The van der Waals surface area contributed by atoms with E-state index in [0.717, 1.165) is 31.7 Å². The number of alkyl halides is 1. The predicted octanol–water partition coefficient (Wildman–Crippen LogP) is 4.96. The third kappa shape index (κ3) is 3.55. The van der Waals surface area contributed by atoms with Crippen molar-refractivity contribution in [1.29, 1.82) is 0 Å². The van der Waals surface area contributed by atoms with Gasteiger partial charge in [-0.2, -0.15) is 5.10 Å². The summed E-state index contributed by atoms with van der Waals surface area (Å²) in [5, 5.41) is 4.98. The Morgan fingerprint density at radius 3 is 2.63 bits per heavy atom. The third-order valence-corrected chi connectivity index (χ3v) is 5.75. The van der Waals surface area contributed by atoms with Crippen molar-refractivity contribution in [2.75, 3.05) is 0 Å². The SMILES string of the molecule is CCc1nn(CC)c(CCC(Cl)C2CCCC2)c1Br. The van der Waals surface area contributed by atoms with Gasteiger partial charge < -0.3 is 0 Å². The maximum Gasteiger partial charge on any atom is 0.0766 e. The highest BCUT2D eigenvalue weighted by atomic mass is 79.9. The Balaban J connectivity index is 1.99. The maximum atomic E-state index is 6.58. The highest BCUT2D eigenvalue weighted by molar-refractivity contribution is 9.10. The summed E-state index contributed by atoms with van der Waals surface area (Å²) in [5.41, 5.74) is 2.49. The van der Waals surface area contributed by atoms with Gasteiger partial charge in [0.1, 0.15) is 0 Å². The summed E-state index contributed by atoms with van der Waals surface area (Å²) < 4.78 is 3.33. The molecule has 19 heavy (non-hydrogen) atoms. The van der Waals surface area contributed by atoms with E-state index in [-0.39, 0.29) is 0 Å². The van der Waals surface area contributed by atoms with Crippen molar-refractivity contribution in [3.63, 3.8) is 0 Å². The third-order valence-electron chi connectivity index (χ3n) is 4.26. The summed E-state index contributed by atoms with van der Waals surface area (Å²) in [6.07, 6.45) is 8.46. The van der Waals surface area contributed by atoms with E-state index in [1.807, 2.05) is 0 Å². The van der Waals surface area contributed by atoms with Crippen LogP contribution in [-0.4, -0.2) is 15.2 Å². The minimum atomic E-state index is 0.333. The summed E-state index contributed by atoms with van der Waals surface area (Å²) >= 11 is 10.3. The number of nitrogens with zero attached hydrogens (tertiary/aromatic N) is 2. The van der Waals surface area contributed by atoms with Gasteiger partial charge in [-0.05, 0) is 60.9 Å². The van der Waals surface area contributed by atoms with Crippen molar-refractivity contribution in [3.05, 3.63) is 15.9 Å². The fourth-order valence-corrected chi connectivity index (χ4v) is 4.21. The lowest BCUT2D eigenvalue weighted by Gasteiger charge is -2.16. The van der Waals surface area contributed by atoms with E-state index < -0.39 is 0 Å². The maximum absolute atomic E-state index is 6.58. The first kappa shape index (κ1) is 15.4. The lowest BCUT2D eigenvalue weighted by molar-refractivity contribution is 0.484. The summed E-state index contributed by atoms with van der Waals surface area (Å²) in [6.45, 7) is 5.24. The van der Waals surface area contributed by atoms with E-state index in [1.165, 1.54) is 41.5 Å². The van der Waals surface area contributed by atoms with Crippen LogP contribution < -0.4 is 0 Å². The fraction of sp³-hybridized carbons (Fsp3) is 0.800. The molecule has 2 nitrogen and oxygen atoms in total. The average Bonchev–Trinajstić information content (AvgIpc) is 3.04. The van der Waals surface area contributed by atoms with Gasteiger partial charge in [0.2, 0.25) is 0 Å². The molecule has 0 spiro atoms. The van der Waals surface area contributed by atoms with Gasteiger partial charge in [0.25, 0.3) is 0 Å². The monoisotopic (exact) mass is 346 g/mol. The molecule has 0 N–H and O–H groups in total. The van der Waals surface area contributed by atoms with Gasteiger partial charge in [-0.15, -0.1) is 11.6 Å². The summed E-state index contributed by atoms with van der Waals surface area (Å²) in [5.74, 6) is 0.740. The van der Waals surface area contributed by atoms with Crippen molar-refractivity contribution in [2.24, 2.45) is 5.92 Å². The molecular weight excluding hydrogens is 324 g/mol. The molecule has 1 aliphatic rings. The van der Waals surface area contributed by atoms with Crippen LogP contribution in [0.3, 0.4) is 0 Å². The normalized spacial score (nSPS) is 18.1. The molecule has 0 bridgehead atoms. The average molecular weight is 348 g/mol. The highest BCUT2D eigenvalue weighted by Crippen LogP contribution is 2.33. The standard InChI is InChI=1S/C15H24BrClN2/c1-3-13-15(16)14(19(4-2)18-13)10-9-12(17)11-7-5-6-8-11/h11-12H,3-10H2,1-2H3. The van der Waals surface area contributed by atoms with Gasteiger partial charge in [0, 0.05) is 11.9 Å². The molecule has 1 aromatic heterocycles. The molecule has 2 rings (SSSR count). The lowest BCUT2D eigenvalue weighted by atomic mass is 9.99. The Hall–Kier alpha value is -0.0200. The van der Waals surface area contributed by atoms with Crippen LogP contribution in [0.4, 0.5) is 0 Å². The van der Waals surface area contributed by atoms with Gasteiger partial charge in [0.15, 0.2) is 0 Å². The molecule has 1 fully saturated rings. The second-order valence-corrected chi connectivity index (χ2v) is 6.83. The van der Waals surface area contributed by atoms with Crippen molar-refractivity contribution < 1.29 is 0 Å². The van der Waals surface area contributed by atoms with Crippen LogP contribution in [0.25, 0.3) is 0 Å². The van der Waals surface area contributed by atoms with E-state index >= 15 is 0 Å². The van der Waals surface area contributed by atoms with E-state index in [2.05, 4.69) is 39.6 Å². The largest absolute Gasteiger partial charge is 0.268 e. The number of hydrogen-bond acceptors (Lipinski definition) is 1. The molecule has 1 saturated carbocycles. The van der Waals surface area contributed by atoms with Crippen molar-refractivity contribution >= 4 is 27.5 Å². The van der Waals surface area contributed by atoms with Crippen LogP contribution in [-0.2, 0) is 19.4 Å². The molecule has 1 heterocycles. The molecule has 0 saturated heterocycles. The fourth-order valence-electron chi connectivity index (χ4n) is 3.09. The number of rotatable bonds is 6. The predicted molar refractivity (Wildman–Crippen MR) is 84.9 cm³/mol. The first-order valence-corrected chi connectivity index (χ1v) is 8.78. The molecule has 108 valence electrons. The second-order valence-electron chi connectivity index (χ2n) is 5.48. The molecule has 1 aliphatic carbocycles. The molecular formula is C15H24BrClN2. The first-order chi connectivity index (χ1) is 9.17. The van der Waals surface area contributed by atoms with Gasteiger partial charge in [-0.1, -0.05) is 19.8 Å². The van der Waals surface area contributed by atoms with E-state index in [1.54, 1.807) is 0 Å². The van der Waals surface area contributed by atoms with E-state index in [4.69, 9.17) is 11.6 Å². The molecule has 4 heteroatoms. The topological polar surface area (TPSA) is 17.8 Å². The Kier molecular flexibility index (Phi) is 5.76. The summed E-state index contributed by atoms with van der Waals surface area (Å²) in [6, 6.07) is 0. The second kappa shape index (κ2) is 7.12. The summed E-state index contributed by atoms with van der Waals surface area (Å²) in [4.78, 5) is 0. The zero-order valence-electron chi connectivity index (χ0n) is 12.0. The Labute approximate surface area is 130 Å². The molecule has 1 atom stereocenters. The molecule has 0 aliphatic heterocycles. The van der Waals surface area contributed by atoms with Crippen LogP contribution in [0, 0.1) is 5.92 Å². The highest BCUT2D eigenvalue weighted by Gasteiger charge is 2.24. The molecule has 0 aromatic carbocycles. The van der Waals surface area contributed by atoms with Gasteiger partial charge in [0.05, 0.1) is 15.9 Å². The van der Waals surface area contributed by atoms with Crippen LogP contribution in [0.15, 0.2) is 4.47 Å². The quantitative estimate of drug-likeness (QED) is 0.665. The van der Waals surface area contributed by atoms with E-state index in [0.29, 0.717) is 5.38 Å². The molecule has 1 aromatic rings. The van der Waals surface area contributed by atoms with Crippen molar-refractivity contribution in [1.82, 2.24) is 9.78 Å². The Morgan fingerprint density at radius 1 is 1.37 bits per heavy atom. The van der Waals surface area contributed by atoms with Crippen molar-refractivity contribution in [2.45, 2.75) is 70.7 Å². The number of hydrogen-bond donors (Lipinski definition) is 0. The minimum absolute atomic E-state index is 0.333. The molecule has 1 unspecified atom stereocenters. The smallest absolute Gasteiger partial charge is 0.0766 e. The van der Waals surface area contributed by atoms with Gasteiger partial charge in [-0.25, -0.2) is 0 Å². The number of halogens is 2. The van der Waals surface area contributed by atoms with Crippen LogP contribution in [0.1, 0.15) is 57.3 Å². The van der Waals surface area contributed by atoms with Crippen molar-refractivity contribution in [3.8, 4) is 0 Å². The van der Waals surface area contributed by atoms with E-state index in [9.17, 15) is 0 Å². The zero-order chi connectivity index (χ0) is 13.8. The van der Waals surface area contributed by atoms with Crippen LogP contribution >= 0.6 is 27.5 Å². The van der Waals surface area contributed by atoms with Gasteiger partial charge >= 0.3 is 0 Å². The van der Waals surface area contributed by atoms with Crippen LogP contribution in [0.5, 0.6) is 0 Å². The number of aryl methyl sites for hydroxylation is 2.